The number of aromatic nitrogens is 2. The van der Waals surface area contributed by atoms with Crippen LogP contribution in [0.15, 0.2) is 36.7 Å². The molecule has 0 saturated carbocycles. The van der Waals surface area contributed by atoms with Crippen molar-refractivity contribution in [2.45, 2.75) is 0 Å². The number of hydrogen-bond acceptors (Lipinski definition) is 6. The van der Waals surface area contributed by atoms with Crippen molar-refractivity contribution in [3.05, 3.63) is 42.2 Å². The van der Waals surface area contributed by atoms with E-state index in [1.807, 2.05) is 0 Å². The molecule has 0 unspecified atom stereocenters. The highest BCUT2D eigenvalue weighted by atomic mass is 16.5. The number of carbonyl (C=O) groups excluding carboxylic acids is 1. The van der Waals surface area contributed by atoms with Crippen LogP contribution >= 0.6 is 0 Å². The number of hydrogen-bond donors (Lipinski definition) is 1. The Bertz CT molecular complexity index is 573. The van der Waals surface area contributed by atoms with Crippen molar-refractivity contribution in [3.63, 3.8) is 0 Å². The van der Waals surface area contributed by atoms with Crippen molar-refractivity contribution in [1.82, 2.24) is 9.97 Å². The van der Waals surface area contributed by atoms with Gasteiger partial charge in [0.05, 0.1) is 25.5 Å². The van der Waals surface area contributed by atoms with E-state index in [1.54, 1.807) is 43.8 Å². The molecule has 6 nitrogen and oxygen atoms in total. The number of rotatable bonds is 4. The molecule has 0 aliphatic rings. The van der Waals surface area contributed by atoms with Crippen LogP contribution in [0.4, 0.5) is 11.6 Å². The average Bonchev–Trinajstić information content (AvgIpc) is 2.47. The van der Waals surface area contributed by atoms with Gasteiger partial charge >= 0.3 is 5.97 Å². The van der Waals surface area contributed by atoms with Crippen LogP contribution in [0.5, 0.6) is 5.75 Å². The average molecular weight is 259 g/mol. The lowest BCUT2D eigenvalue weighted by Gasteiger charge is -2.11. The molecule has 0 fully saturated rings. The molecule has 0 aliphatic carbocycles. The Morgan fingerprint density at radius 3 is 2.58 bits per heavy atom. The van der Waals surface area contributed by atoms with Gasteiger partial charge in [0.15, 0.2) is 0 Å². The second-order valence-corrected chi connectivity index (χ2v) is 3.60. The highest BCUT2D eigenvalue weighted by Gasteiger charge is 2.13. The molecule has 1 aromatic heterocycles. The Kier molecular flexibility index (Phi) is 3.92. The third-order valence-electron chi connectivity index (χ3n) is 2.44. The first-order valence-corrected chi connectivity index (χ1v) is 5.55. The van der Waals surface area contributed by atoms with Crippen LogP contribution < -0.4 is 10.1 Å². The molecule has 2 aromatic rings. The monoisotopic (exact) mass is 259 g/mol. The molecule has 1 heterocycles. The summed E-state index contributed by atoms with van der Waals surface area (Å²) >= 11 is 0. The molecule has 0 spiro atoms. The summed E-state index contributed by atoms with van der Waals surface area (Å²) < 4.78 is 9.86. The van der Waals surface area contributed by atoms with Crippen LogP contribution in [-0.2, 0) is 4.74 Å². The van der Waals surface area contributed by atoms with Gasteiger partial charge in [-0.2, -0.15) is 0 Å². The van der Waals surface area contributed by atoms with Gasteiger partial charge < -0.3 is 14.8 Å². The molecule has 2 rings (SSSR count). The third-order valence-corrected chi connectivity index (χ3v) is 2.44. The van der Waals surface area contributed by atoms with E-state index in [2.05, 4.69) is 15.3 Å². The summed E-state index contributed by atoms with van der Waals surface area (Å²) in [6, 6.07) is 6.69. The molecular formula is C13H13N3O3. The SMILES string of the molecule is COC(=O)c1ccc(OC)cc1Nc1ncccn1. The molecule has 6 heteroatoms. The van der Waals surface area contributed by atoms with Crippen LogP contribution in [-0.4, -0.2) is 30.2 Å². The van der Waals surface area contributed by atoms with Crippen molar-refractivity contribution in [1.29, 1.82) is 0 Å². The van der Waals surface area contributed by atoms with E-state index in [1.165, 1.54) is 7.11 Å². The molecule has 0 bridgehead atoms. The van der Waals surface area contributed by atoms with Gasteiger partial charge in [0.1, 0.15) is 5.75 Å². The normalized spacial score (nSPS) is 9.79. The first-order chi connectivity index (χ1) is 9.24. The van der Waals surface area contributed by atoms with Crippen molar-refractivity contribution in [2.24, 2.45) is 0 Å². The zero-order valence-corrected chi connectivity index (χ0v) is 10.6. The summed E-state index contributed by atoms with van der Waals surface area (Å²) in [5, 5.41) is 2.96. The zero-order valence-electron chi connectivity index (χ0n) is 10.6. The lowest BCUT2D eigenvalue weighted by atomic mass is 10.1. The van der Waals surface area contributed by atoms with E-state index in [4.69, 9.17) is 9.47 Å². The van der Waals surface area contributed by atoms with E-state index in [0.717, 1.165) is 0 Å². The number of ether oxygens (including phenoxy) is 2. The van der Waals surface area contributed by atoms with Gasteiger partial charge in [0.2, 0.25) is 5.95 Å². The number of anilines is 2. The van der Waals surface area contributed by atoms with Crippen molar-refractivity contribution >= 4 is 17.6 Å². The number of benzene rings is 1. The highest BCUT2D eigenvalue weighted by molar-refractivity contribution is 5.96. The van der Waals surface area contributed by atoms with E-state index in [0.29, 0.717) is 22.9 Å². The Hall–Kier alpha value is -2.63. The second-order valence-electron chi connectivity index (χ2n) is 3.60. The van der Waals surface area contributed by atoms with Crippen LogP contribution in [0.1, 0.15) is 10.4 Å². The molecule has 0 saturated heterocycles. The maximum Gasteiger partial charge on any atom is 0.339 e. The topological polar surface area (TPSA) is 73.3 Å². The molecule has 98 valence electrons. The Morgan fingerprint density at radius 2 is 1.95 bits per heavy atom. The van der Waals surface area contributed by atoms with Gasteiger partial charge in [-0.05, 0) is 18.2 Å². The Morgan fingerprint density at radius 1 is 1.21 bits per heavy atom. The minimum atomic E-state index is -0.443. The van der Waals surface area contributed by atoms with Gasteiger partial charge in [0, 0.05) is 18.5 Å². The van der Waals surface area contributed by atoms with Crippen LogP contribution in [0.3, 0.4) is 0 Å². The highest BCUT2D eigenvalue weighted by Crippen LogP contribution is 2.25. The summed E-state index contributed by atoms with van der Waals surface area (Å²) in [5.74, 6) is 0.563. The molecule has 19 heavy (non-hydrogen) atoms. The Labute approximate surface area is 110 Å². The maximum atomic E-state index is 11.7. The van der Waals surface area contributed by atoms with Crippen LogP contribution in [0, 0.1) is 0 Å². The standard InChI is InChI=1S/C13H13N3O3/c1-18-9-4-5-10(12(17)19-2)11(8-9)16-13-14-6-3-7-15-13/h3-8H,1-2H3,(H,14,15,16). The van der Waals surface area contributed by atoms with Gasteiger partial charge in [-0.15, -0.1) is 0 Å². The van der Waals surface area contributed by atoms with Crippen LogP contribution in [0.25, 0.3) is 0 Å². The molecular weight excluding hydrogens is 246 g/mol. The number of nitrogens with one attached hydrogen (secondary N) is 1. The van der Waals surface area contributed by atoms with Gasteiger partial charge in [0.25, 0.3) is 0 Å². The van der Waals surface area contributed by atoms with Crippen LogP contribution in [0.2, 0.25) is 0 Å². The summed E-state index contributed by atoms with van der Waals surface area (Å²) in [5.41, 5.74) is 0.910. The number of nitrogens with zero attached hydrogens (tertiary/aromatic N) is 2. The summed E-state index contributed by atoms with van der Waals surface area (Å²) in [4.78, 5) is 19.8. The minimum absolute atomic E-state index is 0.385. The number of methoxy groups -OCH3 is 2. The van der Waals surface area contributed by atoms with E-state index in [-0.39, 0.29) is 0 Å². The van der Waals surface area contributed by atoms with Crippen molar-refractivity contribution in [2.75, 3.05) is 19.5 Å². The van der Waals surface area contributed by atoms with Crippen molar-refractivity contribution < 1.29 is 14.3 Å². The predicted octanol–water partition coefficient (Wildman–Crippen LogP) is 2.02. The van der Waals surface area contributed by atoms with Gasteiger partial charge in [-0.1, -0.05) is 0 Å². The van der Waals surface area contributed by atoms with E-state index >= 15 is 0 Å². The molecule has 0 aliphatic heterocycles. The molecule has 0 radical (unpaired) electrons. The summed E-state index contributed by atoms with van der Waals surface area (Å²) in [6.45, 7) is 0. The minimum Gasteiger partial charge on any atom is -0.497 e. The third kappa shape index (κ3) is 2.98. The second kappa shape index (κ2) is 5.81. The van der Waals surface area contributed by atoms with Gasteiger partial charge in [-0.25, -0.2) is 14.8 Å². The fourth-order valence-electron chi connectivity index (χ4n) is 1.53. The summed E-state index contributed by atoms with van der Waals surface area (Å²) in [7, 11) is 2.88. The zero-order chi connectivity index (χ0) is 13.7. The first kappa shape index (κ1) is 12.8. The largest absolute Gasteiger partial charge is 0.497 e. The lowest BCUT2D eigenvalue weighted by Crippen LogP contribution is -2.07. The summed E-state index contributed by atoms with van der Waals surface area (Å²) in [6.07, 6.45) is 3.21. The molecule has 0 atom stereocenters. The number of esters is 1. The first-order valence-electron chi connectivity index (χ1n) is 5.55. The predicted molar refractivity (Wildman–Crippen MR) is 69.6 cm³/mol. The Balaban J connectivity index is 2.38. The molecule has 1 N–H and O–H groups in total. The van der Waals surface area contributed by atoms with E-state index in [9.17, 15) is 4.79 Å². The maximum absolute atomic E-state index is 11.7. The van der Waals surface area contributed by atoms with Gasteiger partial charge in [-0.3, -0.25) is 0 Å². The quantitative estimate of drug-likeness (QED) is 0.847. The molecule has 0 amide bonds. The fraction of sp³-hybridized carbons (Fsp3) is 0.154. The smallest absolute Gasteiger partial charge is 0.339 e. The lowest BCUT2D eigenvalue weighted by molar-refractivity contribution is 0.0602. The molecule has 1 aromatic carbocycles. The fourth-order valence-corrected chi connectivity index (χ4v) is 1.53. The van der Waals surface area contributed by atoms with E-state index < -0.39 is 5.97 Å². The van der Waals surface area contributed by atoms with Crippen molar-refractivity contribution in [3.8, 4) is 5.75 Å². The number of carbonyl (C=O) groups is 1.